The second kappa shape index (κ2) is 4.21. The van der Waals surface area contributed by atoms with Crippen LogP contribution in [0.25, 0.3) is 0 Å². The summed E-state index contributed by atoms with van der Waals surface area (Å²) in [4.78, 5) is 4.28. The molecule has 0 spiro atoms. The first-order chi connectivity index (χ1) is 7.16. The molecule has 15 heavy (non-hydrogen) atoms. The molecule has 1 fully saturated rings. The van der Waals surface area contributed by atoms with Crippen LogP contribution in [0.1, 0.15) is 11.7 Å². The molecule has 1 heterocycles. The highest BCUT2D eigenvalue weighted by Crippen LogP contribution is 2.20. The summed E-state index contributed by atoms with van der Waals surface area (Å²) in [6.45, 7) is 3.03. The van der Waals surface area contributed by atoms with E-state index < -0.39 is 0 Å². The van der Waals surface area contributed by atoms with Gasteiger partial charge in [-0.2, -0.15) is 0 Å². The van der Waals surface area contributed by atoms with Gasteiger partial charge in [0, 0.05) is 39.4 Å². The van der Waals surface area contributed by atoms with Gasteiger partial charge in [0.2, 0.25) is 0 Å². The van der Waals surface area contributed by atoms with Crippen molar-refractivity contribution in [2.75, 3.05) is 38.6 Å². The largest absolute Gasteiger partial charge is 0.387 e. The monoisotopic (exact) mass is 206 g/mol. The Labute approximate surface area is 90.9 Å². The zero-order chi connectivity index (χ0) is 10.8. The number of aliphatic hydroxyl groups excluding tert-OH is 1. The molecule has 1 aliphatic rings. The molecule has 1 atom stereocenters. The van der Waals surface area contributed by atoms with Gasteiger partial charge in [0.15, 0.2) is 0 Å². The van der Waals surface area contributed by atoms with Crippen molar-refractivity contribution in [2.24, 2.45) is 0 Å². The summed E-state index contributed by atoms with van der Waals surface area (Å²) in [5, 5.41) is 9.91. The topological polar surface area (TPSA) is 26.5 Å². The van der Waals surface area contributed by atoms with Crippen LogP contribution in [0.5, 0.6) is 0 Å². The lowest BCUT2D eigenvalue weighted by Gasteiger charge is -2.15. The van der Waals surface area contributed by atoms with Gasteiger partial charge in [-0.1, -0.05) is 12.1 Å². The molecule has 82 valence electrons. The molecule has 0 bridgehead atoms. The Hall–Kier alpha value is -1.06. The first-order valence-electron chi connectivity index (χ1n) is 5.34. The Morgan fingerprint density at radius 3 is 2.33 bits per heavy atom. The van der Waals surface area contributed by atoms with Crippen molar-refractivity contribution in [2.45, 2.75) is 6.10 Å². The number of hydrogen-bond donors (Lipinski definition) is 1. The van der Waals surface area contributed by atoms with Gasteiger partial charge in [0.25, 0.3) is 0 Å². The molecule has 0 saturated carbocycles. The van der Waals surface area contributed by atoms with Gasteiger partial charge < -0.3 is 10.0 Å². The first-order valence-corrected chi connectivity index (χ1v) is 5.34. The third-order valence-corrected chi connectivity index (χ3v) is 2.77. The van der Waals surface area contributed by atoms with Gasteiger partial charge in [-0.05, 0) is 17.7 Å². The Kier molecular flexibility index (Phi) is 2.93. The number of benzene rings is 1. The summed E-state index contributed by atoms with van der Waals surface area (Å²) in [6.07, 6.45) is -0.344. The van der Waals surface area contributed by atoms with E-state index in [0.29, 0.717) is 0 Å². The third-order valence-electron chi connectivity index (χ3n) is 2.77. The minimum Gasteiger partial charge on any atom is -0.387 e. The van der Waals surface area contributed by atoms with Gasteiger partial charge >= 0.3 is 0 Å². The number of hydrogen-bond acceptors (Lipinski definition) is 3. The molecule has 1 saturated heterocycles. The molecule has 0 radical (unpaired) electrons. The second-order valence-corrected chi connectivity index (χ2v) is 4.30. The maximum atomic E-state index is 9.91. The molecule has 0 aliphatic carbocycles. The zero-order valence-corrected chi connectivity index (χ0v) is 9.35. The second-order valence-electron chi connectivity index (χ2n) is 4.30. The van der Waals surface area contributed by atoms with E-state index in [1.807, 2.05) is 38.4 Å². The SMILES string of the molecule is CN(C)c1ccc(C(O)CN2CC2)cc1. The summed E-state index contributed by atoms with van der Waals surface area (Å²) in [7, 11) is 4.03. The molecule has 1 unspecified atom stereocenters. The van der Waals surface area contributed by atoms with E-state index in [1.54, 1.807) is 0 Å². The average molecular weight is 206 g/mol. The van der Waals surface area contributed by atoms with E-state index in [1.165, 1.54) is 0 Å². The molecule has 0 amide bonds. The molecular formula is C12H18N2O. The van der Waals surface area contributed by atoms with Gasteiger partial charge in [-0.25, -0.2) is 0 Å². The van der Waals surface area contributed by atoms with Crippen LogP contribution < -0.4 is 4.90 Å². The Morgan fingerprint density at radius 1 is 1.27 bits per heavy atom. The predicted molar refractivity (Wildman–Crippen MR) is 62.2 cm³/mol. The molecule has 1 aliphatic heterocycles. The molecule has 2 rings (SSSR count). The fourth-order valence-corrected chi connectivity index (χ4v) is 1.60. The molecule has 1 aromatic carbocycles. The molecule has 1 aromatic rings. The van der Waals surface area contributed by atoms with Crippen LogP contribution in [0.4, 0.5) is 5.69 Å². The van der Waals surface area contributed by atoms with Crippen molar-refractivity contribution in [3.8, 4) is 0 Å². The molecule has 1 N–H and O–H groups in total. The van der Waals surface area contributed by atoms with E-state index in [0.717, 1.165) is 30.9 Å². The van der Waals surface area contributed by atoms with Crippen LogP contribution in [-0.2, 0) is 0 Å². The van der Waals surface area contributed by atoms with E-state index in [-0.39, 0.29) is 6.10 Å². The summed E-state index contributed by atoms with van der Waals surface area (Å²) in [5.41, 5.74) is 2.17. The van der Waals surface area contributed by atoms with Gasteiger partial charge in [0.05, 0.1) is 6.10 Å². The number of aliphatic hydroxyl groups is 1. The zero-order valence-electron chi connectivity index (χ0n) is 9.35. The normalized spacial score (nSPS) is 17.5. The van der Waals surface area contributed by atoms with Crippen LogP contribution in [0, 0.1) is 0 Å². The minimum atomic E-state index is -0.344. The Bertz CT molecular complexity index is 317. The molecule has 3 nitrogen and oxygen atoms in total. The van der Waals surface area contributed by atoms with Gasteiger partial charge in [-0.3, -0.25) is 4.90 Å². The van der Waals surface area contributed by atoms with Crippen LogP contribution in [0.3, 0.4) is 0 Å². The van der Waals surface area contributed by atoms with Gasteiger partial charge in [0.1, 0.15) is 0 Å². The lowest BCUT2D eigenvalue weighted by Crippen LogP contribution is -2.12. The van der Waals surface area contributed by atoms with E-state index in [4.69, 9.17) is 0 Å². The van der Waals surface area contributed by atoms with Crippen LogP contribution in [0.2, 0.25) is 0 Å². The number of rotatable bonds is 4. The highest BCUT2D eigenvalue weighted by molar-refractivity contribution is 5.46. The molecule has 3 heteroatoms. The molecule has 0 aromatic heterocycles. The number of anilines is 1. The van der Waals surface area contributed by atoms with Crippen molar-refractivity contribution in [1.29, 1.82) is 0 Å². The summed E-state index contributed by atoms with van der Waals surface area (Å²) in [6, 6.07) is 8.09. The summed E-state index contributed by atoms with van der Waals surface area (Å²) in [5.74, 6) is 0. The van der Waals surface area contributed by atoms with Crippen molar-refractivity contribution >= 4 is 5.69 Å². The maximum Gasteiger partial charge on any atom is 0.0916 e. The highest BCUT2D eigenvalue weighted by Gasteiger charge is 2.21. The lowest BCUT2D eigenvalue weighted by atomic mass is 10.1. The maximum absolute atomic E-state index is 9.91. The predicted octanol–water partition coefficient (Wildman–Crippen LogP) is 1.10. The molecular weight excluding hydrogens is 188 g/mol. The Balaban J connectivity index is 2.01. The fourth-order valence-electron chi connectivity index (χ4n) is 1.60. The average Bonchev–Trinajstić information content (AvgIpc) is 3.02. The smallest absolute Gasteiger partial charge is 0.0916 e. The quantitative estimate of drug-likeness (QED) is 0.747. The summed E-state index contributed by atoms with van der Waals surface area (Å²) >= 11 is 0. The van der Waals surface area contributed by atoms with E-state index in [9.17, 15) is 5.11 Å². The van der Waals surface area contributed by atoms with Crippen molar-refractivity contribution in [3.05, 3.63) is 29.8 Å². The van der Waals surface area contributed by atoms with Crippen LogP contribution in [-0.4, -0.2) is 43.7 Å². The number of nitrogens with zero attached hydrogens (tertiary/aromatic N) is 2. The lowest BCUT2D eigenvalue weighted by molar-refractivity contribution is 0.156. The third kappa shape index (κ3) is 2.70. The Morgan fingerprint density at radius 2 is 1.87 bits per heavy atom. The van der Waals surface area contributed by atoms with Crippen LogP contribution >= 0.6 is 0 Å². The standard InChI is InChI=1S/C12H18N2O/c1-13(2)11-5-3-10(4-6-11)12(15)9-14-7-8-14/h3-6,12,15H,7-9H2,1-2H3. The van der Waals surface area contributed by atoms with Crippen molar-refractivity contribution in [3.63, 3.8) is 0 Å². The highest BCUT2D eigenvalue weighted by atomic mass is 16.3. The number of β-amino-alcohol motifs (C(OH)–C–C–N with tert-alkyl or cyclic N) is 1. The summed E-state index contributed by atoms with van der Waals surface area (Å²) < 4.78 is 0. The van der Waals surface area contributed by atoms with E-state index in [2.05, 4.69) is 9.80 Å². The minimum absolute atomic E-state index is 0.344. The fraction of sp³-hybridized carbons (Fsp3) is 0.500. The van der Waals surface area contributed by atoms with Crippen molar-refractivity contribution < 1.29 is 5.11 Å². The van der Waals surface area contributed by atoms with Crippen molar-refractivity contribution in [1.82, 2.24) is 4.90 Å². The first kappa shape index (κ1) is 10.5. The van der Waals surface area contributed by atoms with E-state index >= 15 is 0 Å². The van der Waals surface area contributed by atoms with Crippen LogP contribution in [0.15, 0.2) is 24.3 Å². The van der Waals surface area contributed by atoms with Gasteiger partial charge in [-0.15, -0.1) is 0 Å².